The summed E-state index contributed by atoms with van der Waals surface area (Å²) in [7, 11) is 0. The Morgan fingerprint density at radius 3 is 1.72 bits per heavy atom. The van der Waals surface area contributed by atoms with E-state index < -0.39 is 6.03 Å². The number of hydrogen-bond donors (Lipinski definition) is 6. The minimum atomic E-state index is -0.547. The maximum absolute atomic E-state index is 13.5. The van der Waals surface area contributed by atoms with Crippen LogP contribution in [0.5, 0.6) is 5.75 Å². The molecule has 0 aliphatic heterocycles. The summed E-state index contributed by atoms with van der Waals surface area (Å²) < 4.78 is 6.77. The number of fused-ring (bicyclic) bond motifs is 2. The molecule has 0 unspecified atom stereocenters. The lowest BCUT2D eigenvalue weighted by molar-refractivity contribution is 0.262. The number of carbonyl (C=O) groups excluding carboxylic acids is 1. The van der Waals surface area contributed by atoms with Crippen LogP contribution in [-0.4, -0.2) is 26.0 Å². The Kier molecular flexibility index (Phi) is 12.4. The van der Waals surface area contributed by atoms with Gasteiger partial charge in [0.2, 0.25) is 0 Å². The molecule has 8 rings (SSSR count). The average Bonchev–Trinajstić information content (AvgIpc) is 3.25. The maximum Gasteiger partial charge on any atom is 0.342 e. The van der Waals surface area contributed by atoms with E-state index in [0.717, 1.165) is 33.2 Å². The van der Waals surface area contributed by atoms with Gasteiger partial charge in [0.25, 0.3) is 0 Å². The van der Waals surface area contributed by atoms with Crippen LogP contribution in [0.1, 0.15) is 11.1 Å². The molecule has 6 aromatic carbocycles. The predicted molar refractivity (Wildman–Crippen MR) is 243 cm³/mol. The van der Waals surface area contributed by atoms with Gasteiger partial charge in [-0.05, 0) is 84.4 Å². The Bertz CT molecular complexity index is 2820. The van der Waals surface area contributed by atoms with Crippen LogP contribution in [-0.2, 0) is 13.1 Å². The molecule has 0 spiro atoms. The van der Waals surface area contributed by atoms with E-state index in [1.165, 1.54) is 6.33 Å². The van der Waals surface area contributed by atoms with Gasteiger partial charge < -0.3 is 36.6 Å². The molecule has 8 aromatic rings. The normalized spacial score (nSPS) is 11.0. The number of amides is 2. The number of urea groups is 1. The van der Waals surface area contributed by atoms with Crippen LogP contribution in [0.3, 0.4) is 0 Å². The molecule has 0 saturated heterocycles. The van der Waals surface area contributed by atoms with Crippen molar-refractivity contribution in [3.63, 3.8) is 0 Å². The van der Waals surface area contributed by atoms with Crippen LogP contribution in [0.2, 0.25) is 20.1 Å². The van der Waals surface area contributed by atoms with Crippen molar-refractivity contribution in [3.05, 3.63) is 178 Å². The number of hydrogen-bond acceptors (Lipinski definition) is 10. The summed E-state index contributed by atoms with van der Waals surface area (Å²) in [6, 6.07) is 38.1. The molecular weight excluding hydrogens is 842 g/mol. The third-order valence-corrected chi connectivity index (χ3v) is 10.6. The molecule has 299 valence electrons. The van der Waals surface area contributed by atoms with E-state index in [0.29, 0.717) is 66.5 Å². The number of carbonyl (C=O) groups is 1. The summed E-state index contributed by atoms with van der Waals surface area (Å²) in [5.74, 6) is 1.66. The zero-order chi connectivity index (χ0) is 41.4. The first kappa shape index (κ1) is 40.2. The highest BCUT2D eigenvalue weighted by Gasteiger charge is 2.22. The van der Waals surface area contributed by atoms with Gasteiger partial charge >= 0.3 is 12.4 Å². The summed E-state index contributed by atoms with van der Waals surface area (Å²) in [6.07, 6.45) is 3.23. The largest absolute Gasteiger partial charge is 0.441 e. The Labute approximate surface area is 364 Å². The molecule has 0 fully saturated rings. The number of aromatic nitrogens is 4. The smallest absolute Gasteiger partial charge is 0.342 e. The van der Waals surface area contributed by atoms with Crippen molar-refractivity contribution in [3.8, 4) is 5.75 Å². The minimum absolute atomic E-state index is 0.188. The molecular formula is C44H33Cl4N10O2. The quantitative estimate of drug-likeness (QED) is 0.0623. The van der Waals surface area contributed by atoms with E-state index in [4.69, 9.17) is 51.1 Å². The molecule has 0 saturated carbocycles. The van der Waals surface area contributed by atoms with Crippen molar-refractivity contribution in [2.45, 2.75) is 13.1 Å². The van der Waals surface area contributed by atoms with Gasteiger partial charge in [0.15, 0.2) is 5.75 Å². The SMILES string of the molecule is O=C(Nc1ccc(Cl)c(Cl)c1)Nc1cccc(CNc2ncnc3ccccc23)c1O[C](Nc1cccc(CNc2ncnc3ccccc23)c1)Nc1ccc(Cl)c(Cl)c1. The van der Waals surface area contributed by atoms with Crippen LogP contribution in [0.4, 0.5) is 39.2 Å². The molecule has 0 aliphatic carbocycles. The number of rotatable bonds is 14. The van der Waals surface area contributed by atoms with Crippen molar-refractivity contribution in [2.75, 3.05) is 31.9 Å². The Morgan fingerprint density at radius 2 is 1.08 bits per heavy atom. The molecule has 0 bridgehead atoms. The summed E-state index contributed by atoms with van der Waals surface area (Å²) in [4.78, 5) is 31.2. The van der Waals surface area contributed by atoms with Crippen molar-refractivity contribution in [2.24, 2.45) is 0 Å². The first-order chi connectivity index (χ1) is 29.3. The van der Waals surface area contributed by atoms with E-state index in [9.17, 15) is 4.79 Å². The first-order valence-electron chi connectivity index (χ1n) is 18.4. The fraction of sp³-hybridized carbons (Fsp3) is 0.0455. The Hall–Kier alpha value is -6.57. The van der Waals surface area contributed by atoms with Crippen molar-refractivity contribution < 1.29 is 9.53 Å². The third-order valence-electron chi connectivity index (χ3n) is 9.08. The number of benzene rings is 6. The average molecular weight is 876 g/mol. The van der Waals surface area contributed by atoms with Crippen molar-refractivity contribution in [1.29, 1.82) is 0 Å². The van der Waals surface area contributed by atoms with E-state index in [-0.39, 0.29) is 12.9 Å². The lowest BCUT2D eigenvalue weighted by Gasteiger charge is -2.25. The second-order valence-electron chi connectivity index (χ2n) is 13.2. The molecule has 0 aliphatic rings. The lowest BCUT2D eigenvalue weighted by atomic mass is 10.1. The minimum Gasteiger partial charge on any atom is -0.441 e. The van der Waals surface area contributed by atoms with Crippen molar-refractivity contribution >= 4 is 109 Å². The van der Waals surface area contributed by atoms with Gasteiger partial charge in [0, 0.05) is 46.5 Å². The van der Waals surface area contributed by atoms with Crippen LogP contribution < -0.4 is 36.6 Å². The predicted octanol–water partition coefficient (Wildman–Crippen LogP) is 12.1. The monoisotopic (exact) mass is 873 g/mol. The van der Waals surface area contributed by atoms with E-state index in [1.54, 1.807) is 48.8 Å². The van der Waals surface area contributed by atoms with Crippen LogP contribution >= 0.6 is 46.4 Å². The summed E-state index contributed by atoms with van der Waals surface area (Å²) in [5.41, 5.74) is 5.33. The molecule has 6 N–H and O–H groups in total. The molecule has 2 heterocycles. The van der Waals surface area contributed by atoms with Crippen LogP contribution in [0, 0.1) is 6.35 Å². The second kappa shape index (κ2) is 18.6. The van der Waals surface area contributed by atoms with Crippen LogP contribution in [0.25, 0.3) is 21.8 Å². The highest BCUT2D eigenvalue weighted by atomic mass is 35.5. The van der Waals surface area contributed by atoms with Gasteiger partial charge in [-0.1, -0.05) is 94.9 Å². The third kappa shape index (κ3) is 9.82. The molecule has 12 nitrogen and oxygen atoms in total. The van der Waals surface area contributed by atoms with E-state index >= 15 is 0 Å². The number of anilines is 6. The summed E-state index contributed by atoms with van der Waals surface area (Å²) in [6.45, 7) is 0.723. The zero-order valence-electron chi connectivity index (χ0n) is 31.3. The van der Waals surface area contributed by atoms with Crippen molar-refractivity contribution in [1.82, 2.24) is 19.9 Å². The van der Waals surface area contributed by atoms with Gasteiger partial charge in [-0.25, -0.2) is 24.7 Å². The number of nitrogens with zero attached hydrogens (tertiary/aromatic N) is 4. The maximum atomic E-state index is 13.5. The number of para-hydroxylation sites is 3. The highest BCUT2D eigenvalue weighted by Crippen LogP contribution is 2.35. The summed E-state index contributed by atoms with van der Waals surface area (Å²) in [5, 5.41) is 22.5. The fourth-order valence-electron chi connectivity index (χ4n) is 6.24. The molecule has 2 amide bonds. The topological polar surface area (TPSA) is 150 Å². The molecule has 16 heteroatoms. The first-order valence-corrected chi connectivity index (χ1v) is 19.9. The highest BCUT2D eigenvalue weighted by molar-refractivity contribution is 6.42. The summed E-state index contributed by atoms with van der Waals surface area (Å²) >= 11 is 25.1. The molecule has 1 radical (unpaired) electrons. The van der Waals surface area contributed by atoms with Gasteiger partial charge in [-0.2, -0.15) is 0 Å². The van der Waals surface area contributed by atoms with E-state index in [2.05, 4.69) is 51.8 Å². The zero-order valence-corrected chi connectivity index (χ0v) is 34.3. The second-order valence-corrected chi connectivity index (χ2v) is 14.8. The Morgan fingerprint density at radius 1 is 0.517 bits per heavy atom. The molecule has 2 aromatic heterocycles. The standard InChI is InChI=1S/C44H33Cl4N10O2/c45-33-17-15-29(20-35(33)47)55-43(59)58-39-14-6-8-27(23-50-42-32-11-2-4-13-38(32)52-25-54-42)40(39)60-44(57-30-16-18-34(46)36(48)21-30)56-28-9-5-7-26(19-28)22-49-41-31-10-1-3-12-37(31)51-24-53-41/h1-21,24-25,56-57H,22-23H2,(H,49,51,53)(H,50,52,54)(H2,55,58,59). The lowest BCUT2D eigenvalue weighted by Crippen LogP contribution is -2.27. The Balaban J connectivity index is 1.11. The van der Waals surface area contributed by atoms with Gasteiger partial charge in [-0.15, -0.1) is 0 Å². The van der Waals surface area contributed by atoms with Gasteiger partial charge in [0.1, 0.15) is 24.3 Å². The van der Waals surface area contributed by atoms with Gasteiger partial charge in [-0.3, -0.25) is 0 Å². The number of nitrogens with one attached hydrogen (secondary N) is 6. The van der Waals surface area contributed by atoms with Crippen LogP contribution in [0.15, 0.2) is 140 Å². The number of ether oxygens (including phenoxy) is 1. The fourth-order valence-corrected chi connectivity index (χ4v) is 6.83. The molecule has 0 atom stereocenters. The van der Waals surface area contributed by atoms with E-state index in [1.807, 2.05) is 84.9 Å². The van der Waals surface area contributed by atoms with Gasteiger partial charge in [0.05, 0.1) is 36.8 Å². The molecule has 60 heavy (non-hydrogen) atoms. The number of halogens is 4.